The number of anilines is 1. The molecule has 0 bridgehead atoms. The molecule has 0 aliphatic carbocycles. The molecule has 8 nitrogen and oxygen atoms in total. The van der Waals surface area contributed by atoms with Gasteiger partial charge in [0.05, 0.1) is 35.9 Å². The van der Waals surface area contributed by atoms with Gasteiger partial charge in [-0.25, -0.2) is 14.2 Å². The molecule has 0 spiro atoms. The zero-order chi connectivity index (χ0) is 21.3. The van der Waals surface area contributed by atoms with Crippen LogP contribution >= 0.6 is 0 Å². The molecule has 1 amide bonds. The first-order valence-corrected chi connectivity index (χ1v) is 9.16. The molecule has 30 heavy (non-hydrogen) atoms. The number of nitrogens with one attached hydrogen (secondary N) is 1. The van der Waals surface area contributed by atoms with E-state index in [1.807, 2.05) is 17.7 Å². The van der Waals surface area contributed by atoms with Crippen LogP contribution in [0.15, 0.2) is 48.8 Å². The average Bonchev–Trinajstić information content (AvgIpc) is 3.28. The molecule has 0 radical (unpaired) electrons. The Kier molecular flexibility index (Phi) is 5.09. The second-order valence-corrected chi connectivity index (χ2v) is 6.75. The molecule has 9 heteroatoms. The monoisotopic (exact) mass is 409 g/mol. The minimum absolute atomic E-state index is 0.0185. The van der Waals surface area contributed by atoms with Gasteiger partial charge in [-0.05, 0) is 36.4 Å². The minimum atomic E-state index is -0.590. The van der Waals surface area contributed by atoms with Gasteiger partial charge in [0, 0.05) is 31.4 Å². The SMILES string of the molecule is COc1cc(F)ccc1-c1cc(COC(=O)Nc2ccc3c(c2)ncn3C)n(C)n1. The molecular weight excluding hydrogens is 389 g/mol. The highest BCUT2D eigenvalue weighted by atomic mass is 19.1. The van der Waals surface area contributed by atoms with Crippen LogP contribution in [0.4, 0.5) is 14.9 Å². The quantitative estimate of drug-likeness (QED) is 0.541. The number of rotatable bonds is 5. The number of halogens is 1. The summed E-state index contributed by atoms with van der Waals surface area (Å²) in [6.07, 6.45) is 1.12. The van der Waals surface area contributed by atoms with Crippen LogP contribution in [0.5, 0.6) is 5.75 Å². The maximum Gasteiger partial charge on any atom is 0.412 e. The number of hydrogen-bond donors (Lipinski definition) is 1. The Labute approximate surface area is 171 Å². The Morgan fingerprint density at radius 3 is 2.80 bits per heavy atom. The molecule has 0 saturated heterocycles. The minimum Gasteiger partial charge on any atom is -0.496 e. The molecule has 0 aliphatic heterocycles. The van der Waals surface area contributed by atoms with E-state index in [9.17, 15) is 9.18 Å². The van der Waals surface area contributed by atoms with Crippen molar-refractivity contribution in [3.05, 3.63) is 60.3 Å². The van der Waals surface area contributed by atoms with Crippen LogP contribution in [-0.4, -0.2) is 32.5 Å². The summed E-state index contributed by atoms with van der Waals surface area (Å²) in [7, 11) is 5.11. The van der Waals surface area contributed by atoms with Gasteiger partial charge in [0.25, 0.3) is 0 Å². The third kappa shape index (κ3) is 3.82. The van der Waals surface area contributed by atoms with E-state index in [4.69, 9.17) is 9.47 Å². The van der Waals surface area contributed by atoms with Crippen LogP contribution in [0.1, 0.15) is 5.69 Å². The predicted molar refractivity (Wildman–Crippen MR) is 110 cm³/mol. The zero-order valence-electron chi connectivity index (χ0n) is 16.7. The second kappa shape index (κ2) is 7.86. The van der Waals surface area contributed by atoms with Crippen molar-refractivity contribution in [2.45, 2.75) is 6.61 Å². The van der Waals surface area contributed by atoms with Gasteiger partial charge in [-0.15, -0.1) is 0 Å². The molecule has 0 fully saturated rings. The van der Waals surface area contributed by atoms with E-state index in [1.165, 1.54) is 19.2 Å². The molecule has 1 N–H and O–H groups in total. The summed E-state index contributed by atoms with van der Waals surface area (Å²) in [5.41, 5.74) is 4.25. The molecule has 154 valence electrons. The van der Waals surface area contributed by atoms with Crippen molar-refractivity contribution in [2.75, 3.05) is 12.4 Å². The Balaban J connectivity index is 1.44. The molecule has 0 unspecified atom stereocenters. The first-order valence-electron chi connectivity index (χ1n) is 9.16. The number of aryl methyl sites for hydroxylation is 2. The number of fused-ring (bicyclic) bond motifs is 1. The van der Waals surface area contributed by atoms with Gasteiger partial charge >= 0.3 is 6.09 Å². The highest BCUT2D eigenvalue weighted by molar-refractivity contribution is 5.88. The smallest absolute Gasteiger partial charge is 0.412 e. The fourth-order valence-corrected chi connectivity index (χ4v) is 3.16. The number of nitrogens with zero attached hydrogens (tertiary/aromatic N) is 4. The van der Waals surface area contributed by atoms with E-state index in [0.717, 1.165) is 11.0 Å². The lowest BCUT2D eigenvalue weighted by Gasteiger charge is -2.07. The third-order valence-electron chi connectivity index (χ3n) is 4.74. The third-order valence-corrected chi connectivity index (χ3v) is 4.74. The van der Waals surface area contributed by atoms with E-state index < -0.39 is 11.9 Å². The second-order valence-electron chi connectivity index (χ2n) is 6.75. The Bertz CT molecular complexity index is 1230. The van der Waals surface area contributed by atoms with Crippen molar-refractivity contribution in [3.8, 4) is 17.0 Å². The maximum atomic E-state index is 13.4. The standard InChI is InChI=1S/C21H20FN5O3/c1-26-12-23-18-9-14(5-7-19(18)26)24-21(28)30-11-15-10-17(25-27(15)2)16-6-4-13(22)8-20(16)29-3/h4-10,12H,11H2,1-3H3,(H,24,28). The van der Waals surface area contributed by atoms with Gasteiger partial charge in [-0.2, -0.15) is 5.10 Å². The highest BCUT2D eigenvalue weighted by Gasteiger charge is 2.14. The molecule has 4 rings (SSSR count). The van der Waals surface area contributed by atoms with Gasteiger partial charge < -0.3 is 14.0 Å². The lowest BCUT2D eigenvalue weighted by molar-refractivity contribution is 0.152. The number of hydrogen-bond acceptors (Lipinski definition) is 5. The van der Waals surface area contributed by atoms with Crippen LogP contribution in [0, 0.1) is 5.82 Å². The Morgan fingerprint density at radius 2 is 2.00 bits per heavy atom. The first kappa shape index (κ1) is 19.4. The topological polar surface area (TPSA) is 83.2 Å². The molecule has 0 aliphatic rings. The van der Waals surface area contributed by atoms with E-state index in [-0.39, 0.29) is 6.61 Å². The van der Waals surface area contributed by atoms with Crippen LogP contribution < -0.4 is 10.1 Å². The molecule has 2 heterocycles. The van der Waals surface area contributed by atoms with Crippen LogP contribution in [0.2, 0.25) is 0 Å². The number of carbonyl (C=O) groups is 1. The number of carbonyl (C=O) groups excluding carboxylic acids is 1. The molecule has 0 atom stereocenters. The summed E-state index contributed by atoms with van der Waals surface area (Å²) in [6.45, 7) is 0.0185. The van der Waals surface area contributed by atoms with Crippen molar-refractivity contribution < 1.29 is 18.7 Å². The summed E-state index contributed by atoms with van der Waals surface area (Å²) >= 11 is 0. The summed E-state index contributed by atoms with van der Waals surface area (Å²) in [5, 5.41) is 7.10. The zero-order valence-corrected chi connectivity index (χ0v) is 16.7. The largest absolute Gasteiger partial charge is 0.496 e. The van der Waals surface area contributed by atoms with Crippen LogP contribution in [0.3, 0.4) is 0 Å². The number of imidazole rings is 1. The molecule has 4 aromatic rings. The van der Waals surface area contributed by atoms with Crippen LogP contribution in [0.25, 0.3) is 22.3 Å². The lowest BCUT2D eigenvalue weighted by Crippen LogP contribution is -2.14. The summed E-state index contributed by atoms with van der Waals surface area (Å²) < 4.78 is 27.5. The predicted octanol–water partition coefficient (Wildman–Crippen LogP) is 3.87. The van der Waals surface area contributed by atoms with Gasteiger partial charge in [-0.3, -0.25) is 10.00 Å². The summed E-state index contributed by atoms with van der Waals surface area (Å²) in [4.78, 5) is 16.5. The van der Waals surface area contributed by atoms with Gasteiger partial charge in [0.15, 0.2) is 0 Å². The first-order chi connectivity index (χ1) is 14.4. The van der Waals surface area contributed by atoms with Crippen molar-refractivity contribution >= 4 is 22.8 Å². The van der Waals surface area contributed by atoms with E-state index in [1.54, 1.807) is 42.3 Å². The Hall–Kier alpha value is -3.88. The summed E-state index contributed by atoms with van der Waals surface area (Å²) in [5.74, 6) is -0.0149. The number of ether oxygens (including phenoxy) is 2. The van der Waals surface area contributed by atoms with Crippen molar-refractivity contribution in [1.82, 2.24) is 19.3 Å². The van der Waals surface area contributed by atoms with Gasteiger partial charge in [0.2, 0.25) is 0 Å². The van der Waals surface area contributed by atoms with Crippen molar-refractivity contribution in [3.63, 3.8) is 0 Å². The maximum absolute atomic E-state index is 13.4. The lowest BCUT2D eigenvalue weighted by atomic mass is 10.1. The molecule has 2 aromatic heterocycles. The number of benzene rings is 2. The van der Waals surface area contributed by atoms with E-state index in [0.29, 0.717) is 28.4 Å². The van der Waals surface area contributed by atoms with E-state index >= 15 is 0 Å². The number of aromatic nitrogens is 4. The molecule has 0 saturated carbocycles. The number of methoxy groups -OCH3 is 1. The summed E-state index contributed by atoms with van der Waals surface area (Å²) in [6, 6.07) is 11.4. The van der Waals surface area contributed by atoms with Gasteiger partial charge in [-0.1, -0.05) is 0 Å². The fraction of sp³-hybridized carbons (Fsp3) is 0.190. The van der Waals surface area contributed by atoms with Gasteiger partial charge in [0.1, 0.15) is 18.2 Å². The van der Waals surface area contributed by atoms with E-state index in [2.05, 4.69) is 15.4 Å². The Morgan fingerprint density at radius 1 is 1.17 bits per heavy atom. The fourth-order valence-electron chi connectivity index (χ4n) is 3.16. The molecule has 2 aromatic carbocycles. The number of amides is 1. The highest BCUT2D eigenvalue weighted by Crippen LogP contribution is 2.30. The average molecular weight is 409 g/mol. The van der Waals surface area contributed by atoms with Crippen molar-refractivity contribution in [2.24, 2.45) is 14.1 Å². The normalized spacial score (nSPS) is 10.9. The van der Waals surface area contributed by atoms with Crippen LogP contribution in [-0.2, 0) is 25.4 Å². The van der Waals surface area contributed by atoms with Crippen molar-refractivity contribution in [1.29, 1.82) is 0 Å². The molecular formula is C21H20FN5O3.